The number of hydrogen-bond acceptors (Lipinski definition) is 5. The Morgan fingerprint density at radius 2 is 1.89 bits per heavy atom. The van der Waals surface area contributed by atoms with E-state index in [1.165, 1.54) is 24.9 Å². The lowest BCUT2D eigenvalue weighted by atomic mass is 10.0. The largest absolute Gasteiger partial charge is 0.483 e. The van der Waals surface area contributed by atoms with Crippen molar-refractivity contribution < 1.29 is 19.1 Å². The Morgan fingerprint density at radius 3 is 2.57 bits per heavy atom. The van der Waals surface area contributed by atoms with Gasteiger partial charge in [-0.3, -0.25) is 4.79 Å². The van der Waals surface area contributed by atoms with Crippen LogP contribution in [0.1, 0.15) is 81.1 Å². The molecule has 186 valence electrons. The molecule has 0 amide bonds. The van der Waals surface area contributed by atoms with Gasteiger partial charge >= 0.3 is 5.97 Å². The number of carbonyl (C=O) groups is 1. The van der Waals surface area contributed by atoms with E-state index in [0.717, 1.165) is 47.0 Å². The number of piperidine rings is 1. The van der Waals surface area contributed by atoms with Gasteiger partial charge in [-0.15, -0.1) is 0 Å². The van der Waals surface area contributed by atoms with Crippen LogP contribution in [-0.4, -0.2) is 29.1 Å². The van der Waals surface area contributed by atoms with Crippen LogP contribution in [-0.2, 0) is 11.2 Å². The van der Waals surface area contributed by atoms with E-state index in [9.17, 15) is 4.79 Å². The van der Waals surface area contributed by atoms with Crippen LogP contribution in [0.2, 0.25) is 0 Å². The highest BCUT2D eigenvalue weighted by atomic mass is 16.5. The summed E-state index contributed by atoms with van der Waals surface area (Å²) in [5.41, 5.74) is 5.15. The van der Waals surface area contributed by atoms with Gasteiger partial charge in [-0.2, -0.15) is 0 Å². The molecule has 35 heavy (non-hydrogen) atoms. The number of carboxylic acids is 1. The molecule has 1 aromatic heterocycles. The second kappa shape index (κ2) is 11.0. The van der Waals surface area contributed by atoms with Crippen molar-refractivity contribution in [1.82, 2.24) is 4.98 Å². The molecule has 3 aromatic rings. The van der Waals surface area contributed by atoms with E-state index in [1.54, 1.807) is 0 Å². The Balaban J connectivity index is 1.55. The maximum absolute atomic E-state index is 10.9. The zero-order chi connectivity index (χ0) is 24.9. The van der Waals surface area contributed by atoms with E-state index in [4.69, 9.17) is 19.2 Å². The first-order chi connectivity index (χ1) is 16.8. The number of oxazole rings is 1. The lowest BCUT2D eigenvalue weighted by Gasteiger charge is -2.29. The third kappa shape index (κ3) is 6.05. The van der Waals surface area contributed by atoms with Crippen molar-refractivity contribution in [3.8, 4) is 17.2 Å². The maximum atomic E-state index is 10.9. The highest BCUT2D eigenvalue weighted by Gasteiger charge is 2.24. The number of aliphatic carboxylic acids is 1. The Kier molecular flexibility index (Phi) is 7.79. The average Bonchev–Trinajstić information content (AvgIpc) is 3.30. The fourth-order valence-electron chi connectivity index (χ4n) is 4.68. The number of anilines is 1. The van der Waals surface area contributed by atoms with Crippen LogP contribution in [0.4, 0.5) is 5.69 Å². The number of ether oxygens (including phenoxy) is 1. The van der Waals surface area contributed by atoms with Crippen LogP contribution in [0, 0.1) is 6.92 Å². The van der Waals surface area contributed by atoms with Crippen molar-refractivity contribution in [3.63, 3.8) is 0 Å². The minimum Gasteiger partial charge on any atom is -0.483 e. The fourth-order valence-corrected chi connectivity index (χ4v) is 4.68. The van der Waals surface area contributed by atoms with Crippen LogP contribution < -0.4 is 9.64 Å². The van der Waals surface area contributed by atoms with Gasteiger partial charge in [0.1, 0.15) is 5.75 Å². The topological polar surface area (TPSA) is 75.8 Å². The maximum Gasteiger partial charge on any atom is 0.303 e. The lowest BCUT2D eigenvalue weighted by molar-refractivity contribution is -0.136. The first-order valence-electron chi connectivity index (χ1n) is 12.7. The molecule has 1 aliphatic heterocycles. The minimum absolute atomic E-state index is 0.120. The van der Waals surface area contributed by atoms with E-state index < -0.39 is 5.97 Å². The number of aryl methyl sites for hydroxylation is 2. The second-order valence-electron chi connectivity index (χ2n) is 9.76. The quantitative estimate of drug-likeness (QED) is 0.361. The van der Waals surface area contributed by atoms with Gasteiger partial charge < -0.3 is 19.2 Å². The summed E-state index contributed by atoms with van der Waals surface area (Å²) < 4.78 is 12.6. The Morgan fingerprint density at radius 1 is 1.11 bits per heavy atom. The van der Waals surface area contributed by atoms with Crippen LogP contribution in [0.5, 0.6) is 5.75 Å². The SMILES string of the molecule is Cc1cc(OC(C)c2oc(-c3cccc(N4CCCCC4)c3)nc2C(C)C)ccc1CCC(=O)O. The van der Waals surface area contributed by atoms with Crippen LogP contribution in [0.15, 0.2) is 46.9 Å². The van der Waals surface area contributed by atoms with Crippen LogP contribution in [0.25, 0.3) is 11.5 Å². The van der Waals surface area contributed by atoms with Gasteiger partial charge in [0.25, 0.3) is 0 Å². The molecule has 0 aliphatic carbocycles. The predicted octanol–water partition coefficient (Wildman–Crippen LogP) is 6.92. The molecule has 0 radical (unpaired) electrons. The van der Waals surface area contributed by atoms with Gasteiger partial charge in [-0.05, 0) is 86.9 Å². The summed E-state index contributed by atoms with van der Waals surface area (Å²) in [6.45, 7) is 10.4. The van der Waals surface area contributed by atoms with Crippen LogP contribution in [0.3, 0.4) is 0 Å². The summed E-state index contributed by atoms with van der Waals surface area (Å²) in [7, 11) is 0. The number of nitrogens with zero attached hydrogens (tertiary/aromatic N) is 2. The molecule has 0 bridgehead atoms. The minimum atomic E-state index is -0.790. The molecule has 4 rings (SSSR count). The highest BCUT2D eigenvalue weighted by Crippen LogP contribution is 2.34. The Labute approximate surface area is 207 Å². The molecule has 1 atom stereocenters. The van der Waals surface area contributed by atoms with E-state index >= 15 is 0 Å². The number of carboxylic acid groups (broad SMARTS) is 1. The number of hydrogen-bond donors (Lipinski definition) is 1. The second-order valence-corrected chi connectivity index (χ2v) is 9.76. The molecule has 1 aliphatic rings. The normalized spacial score (nSPS) is 14.8. The summed E-state index contributed by atoms with van der Waals surface area (Å²) in [6, 6.07) is 14.3. The van der Waals surface area contributed by atoms with Crippen molar-refractivity contribution >= 4 is 11.7 Å². The summed E-state index contributed by atoms with van der Waals surface area (Å²) in [6.07, 6.45) is 4.09. The molecule has 6 nitrogen and oxygen atoms in total. The number of aromatic nitrogens is 1. The predicted molar refractivity (Wildman–Crippen MR) is 138 cm³/mol. The molecule has 2 aromatic carbocycles. The third-order valence-corrected chi connectivity index (χ3v) is 6.65. The van der Waals surface area contributed by atoms with E-state index in [0.29, 0.717) is 12.3 Å². The van der Waals surface area contributed by atoms with Gasteiger partial charge in [-0.25, -0.2) is 4.98 Å². The smallest absolute Gasteiger partial charge is 0.303 e. The molecule has 0 spiro atoms. The molecular formula is C29H36N2O4. The average molecular weight is 477 g/mol. The Bertz CT molecular complexity index is 1160. The third-order valence-electron chi connectivity index (χ3n) is 6.65. The molecular weight excluding hydrogens is 440 g/mol. The highest BCUT2D eigenvalue weighted by molar-refractivity contribution is 5.67. The van der Waals surface area contributed by atoms with Gasteiger partial charge in [0.15, 0.2) is 11.9 Å². The number of benzene rings is 2. The van der Waals surface area contributed by atoms with E-state index in [-0.39, 0.29) is 18.4 Å². The molecule has 1 fully saturated rings. The van der Waals surface area contributed by atoms with Gasteiger partial charge in [0.2, 0.25) is 5.89 Å². The number of rotatable bonds is 9. The van der Waals surface area contributed by atoms with Gasteiger partial charge in [-0.1, -0.05) is 26.0 Å². The van der Waals surface area contributed by atoms with Crippen molar-refractivity contribution in [2.75, 3.05) is 18.0 Å². The molecule has 0 saturated carbocycles. The standard InChI is InChI=1S/C29H36N2O4/c1-19(2)27-28(21(4)34-25-13-11-22(20(3)17-25)12-14-26(32)33)35-29(30-27)23-9-8-10-24(18-23)31-15-6-5-7-16-31/h8-11,13,17-19,21H,5-7,12,14-16H2,1-4H3,(H,32,33). The summed E-state index contributed by atoms with van der Waals surface area (Å²) >= 11 is 0. The lowest BCUT2D eigenvalue weighted by Crippen LogP contribution is -2.29. The summed E-state index contributed by atoms with van der Waals surface area (Å²) in [5, 5.41) is 8.96. The zero-order valence-corrected chi connectivity index (χ0v) is 21.2. The molecule has 1 unspecified atom stereocenters. The summed E-state index contributed by atoms with van der Waals surface area (Å²) in [4.78, 5) is 18.2. The van der Waals surface area contributed by atoms with Crippen LogP contribution >= 0.6 is 0 Å². The van der Waals surface area contributed by atoms with E-state index in [2.05, 4.69) is 43.0 Å². The summed E-state index contributed by atoms with van der Waals surface area (Å²) in [5.74, 6) is 1.50. The first-order valence-corrected chi connectivity index (χ1v) is 12.7. The first kappa shape index (κ1) is 24.8. The van der Waals surface area contributed by atoms with Gasteiger partial charge in [0, 0.05) is 30.8 Å². The van der Waals surface area contributed by atoms with Crippen molar-refractivity contribution in [1.29, 1.82) is 0 Å². The molecule has 1 N–H and O–H groups in total. The van der Waals surface area contributed by atoms with Crippen molar-refractivity contribution in [3.05, 3.63) is 65.0 Å². The molecule has 1 saturated heterocycles. The monoisotopic (exact) mass is 476 g/mol. The van der Waals surface area contributed by atoms with Crippen molar-refractivity contribution in [2.45, 2.75) is 71.8 Å². The van der Waals surface area contributed by atoms with E-state index in [1.807, 2.05) is 32.0 Å². The fraction of sp³-hybridized carbons (Fsp3) is 0.448. The Hall–Kier alpha value is -3.28. The molecule has 6 heteroatoms. The van der Waals surface area contributed by atoms with Gasteiger partial charge in [0.05, 0.1) is 5.69 Å². The molecule has 2 heterocycles. The van der Waals surface area contributed by atoms with Crippen molar-refractivity contribution in [2.24, 2.45) is 0 Å². The zero-order valence-electron chi connectivity index (χ0n) is 21.2.